The normalized spacial score (nSPS) is 16.8. The number of hydrogen-bond acceptors (Lipinski definition) is 6. The largest absolute Gasteiger partial charge is 0.302 e. The molecular formula is C20H26N2O4S2. The summed E-state index contributed by atoms with van der Waals surface area (Å²) in [6.07, 6.45) is 9.21. The topological polar surface area (TPSA) is 86.1 Å². The van der Waals surface area contributed by atoms with Crippen molar-refractivity contribution in [3.8, 4) is 0 Å². The van der Waals surface area contributed by atoms with E-state index in [-0.39, 0.29) is 17.1 Å². The van der Waals surface area contributed by atoms with E-state index in [1.54, 1.807) is 13.1 Å². The third kappa shape index (κ3) is 4.97. The summed E-state index contributed by atoms with van der Waals surface area (Å²) in [5.41, 5.74) is 0.0648. The van der Waals surface area contributed by atoms with Crippen molar-refractivity contribution in [2.24, 2.45) is 5.92 Å². The molecule has 8 heteroatoms. The zero-order valence-electron chi connectivity index (χ0n) is 16.3. The highest BCUT2D eigenvalue weighted by Gasteiger charge is 2.28. The van der Waals surface area contributed by atoms with Gasteiger partial charge in [-0.1, -0.05) is 32.1 Å². The van der Waals surface area contributed by atoms with Crippen LogP contribution < -0.4 is 5.56 Å². The lowest BCUT2D eigenvalue weighted by molar-refractivity contribution is -0.122. The second-order valence-electron chi connectivity index (χ2n) is 7.64. The Hall–Kier alpha value is -1.80. The first-order valence-corrected chi connectivity index (χ1v) is 12.4. The quantitative estimate of drug-likeness (QED) is 0.683. The zero-order valence-corrected chi connectivity index (χ0v) is 17.9. The minimum Gasteiger partial charge on any atom is -0.302 e. The molecular weight excluding hydrogens is 396 g/mol. The van der Waals surface area contributed by atoms with Crippen LogP contribution in [-0.2, 0) is 21.1 Å². The molecule has 1 saturated carbocycles. The Morgan fingerprint density at radius 3 is 2.57 bits per heavy atom. The highest BCUT2D eigenvalue weighted by Crippen LogP contribution is 2.32. The molecule has 1 aliphatic carbocycles. The molecule has 1 fully saturated rings. The van der Waals surface area contributed by atoms with Crippen LogP contribution in [0.3, 0.4) is 0 Å². The number of aromatic nitrogens is 2. The van der Waals surface area contributed by atoms with Gasteiger partial charge >= 0.3 is 0 Å². The molecule has 3 rings (SSSR count). The van der Waals surface area contributed by atoms with Gasteiger partial charge < -0.3 is 4.57 Å². The Kier molecular flexibility index (Phi) is 6.50. The zero-order chi connectivity index (χ0) is 20.3. The van der Waals surface area contributed by atoms with Crippen molar-refractivity contribution in [2.75, 3.05) is 6.26 Å². The monoisotopic (exact) mass is 422 g/mol. The van der Waals surface area contributed by atoms with E-state index < -0.39 is 21.4 Å². The van der Waals surface area contributed by atoms with Crippen LogP contribution >= 0.6 is 11.3 Å². The number of pyridine rings is 1. The molecule has 6 nitrogen and oxygen atoms in total. The lowest BCUT2D eigenvalue weighted by Gasteiger charge is -2.28. The summed E-state index contributed by atoms with van der Waals surface area (Å²) in [6, 6.07) is 2.03. The first-order valence-electron chi connectivity index (χ1n) is 9.60. The summed E-state index contributed by atoms with van der Waals surface area (Å²) in [6.45, 7) is 1.70. The number of nitrogens with zero attached hydrogens (tertiary/aromatic N) is 2. The van der Waals surface area contributed by atoms with Gasteiger partial charge in [-0.3, -0.25) is 9.59 Å². The van der Waals surface area contributed by atoms with Gasteiger partial charge in [0.2, 0.25) is 0 Å². The van der Waals surface area contributed by atoms with Crippen molar-refractivity contribution in [2.45, 2.75) is 62.8 Å². The van der Waals surface area contributed by atoms with Gasteiger partial charge in [-0.15, -0.1) is 11.3 Å². The van der Waals surface area contributed by atoms with Crippen LogP contribution in [0.5, 0.6) is 0 Å². The Bertz CT molecular complexity index is 988. The fourth-order valence-corrected chi connectivity index (χ4v) is 5.35. The number of rotatable bonds is 7. The van der Waals surface area contributed by atoms with Crippen molar-refractivity contribution >= 4 is 27.0 Å². The molecule has 2 heterocycles. The van der Waals surface area contributed by atoms with Crippen LogP contribution in [0.25, 0.3) is 0 Å². The minimum atomic E-state index is -3.49. The number of aryl methyl sites for hydroxylation is 1. The van der Waals surface area contributed by atoms with E-state index in [2.05, 4.69) is 4.98 Å². The van der Waals surface area contributed by atoms with Crippen molar-refractivity contribution in [1.82, 2.24) is 9.55 Å². The Labute approximate surface area is 169 Å². The van der Waals surface area contributed by atoms with Crippen LogP contribution in [0.1, 0.15) is 55.3 Å². The van der Waals surface area contributed by atoms with Gasteiger partial charge in [0.15, 0.2) is 15.6 Å². The van der Waals surface area contributed by atoms with Crippen molar-refractivity contribution in [3.05, 3.63) is 44.8 Å². The van der Waals surface area contributed by atoms with Gasteiger partial charge in [0.1, 0.15) is 0 Å². The molecule has 0 saturated heterocycles. The fraction of sp³-hybridized carbons (Fsp3) is 0.550. The highest BCUT2D eigenvalue weighted by molar-refractivity contribution is 7.90. The predicted molar refractivity (Wildman–Crippen MR) is 110 cm³/mol. The molecule has 1 aliphatic rings. The van der Waals surface area contributed by atoms with Gasteiger partial charge in [-0.25, -0.2) is 13.4 Å². The van der Waals surface area contributed by atoms with Gasteiger partial charge in [-0.05, 0) is 25.3 Å². The van der Waals surface area contributed by atoms with Crippen LogP contribution in [0.2, 0.25) is 0 Å². The molecule has 0 N–H and O–H groups in total. The number of ketones is 1. The van der Waals surface area contributed by atoms with Crippen LogP contribution in [-0.4, -0.2) is 30.0 Å². The number of Topliss-reactive ketones (excluding diaryl/α,β-unsaturated/α-hetero) is 1. The highest BCUT2D eigenvalue weighted by atomic mass is 32.2. The van der Waals surface area contributed by atoms with Crippen LogP contribution in [0.15, 0.2) is 33.4 Å². The maximum absolute atomic E-state index is 13.2. The van der Waals surface area contributed by atoms with Crippen molar-refractivity contribution in [3.63, 3.8) is 0 Å². The maximum Gasteiger partial charge on any atom is 0.252 e. The van der Waals surface area contributed by atoms with Gasteiger partial charge in [0.25, 0.3) is 5.56 Å². The Balaban J connectivity index is 1.97. The molecule has 0 aromatic carbocycles. The third-order valence-electron chi connectivity index (χ3n) is 5.44. The average Bonchev–Trinajstić information content (AvgIpc) is 3.13. The number of carbonyl (C=O) groups excluding carboxylic acids is 1. The summed E-state index contributed by atoms with van der Waals surface area (Å²) in [5.74, 6) is 0.359. The van der Waals surface area contributed by atoms with E-state index >= 15 is 0 Å². The van der Waals surface area contributed by atoms with E-state index in [0.717, 1.165) is 43.0 Å². The first-order chi connectivity index (χ1) is 13.3. The van der Waals surface area contributed by atoms with Gasteiger partial charge in [0, 0.05) is 29.6 Å². The third-order valence-corrected chi connectivity index (χ3v) is 7.31. The minimum absolute atomic E-state index is 0.00459. The molecule has 2 aromatic heterocycles. The van der Waals surface area contributed by atoms with Crippen molar-refractivity contribution in [1.29, 1.82) is 0 Å². The molecule has 28 heavy (non-hydrogen) atoms. The van der Waals surface area contributed by atoms with Crippen LogP contribution in [0.4, 0.5) is 0 Å². The molecule has 0 spiro atoms. The van der Waals surface area contributed by atoms with Crippen LogP contribution in [0, 0.1) is 12.8 Å². The van der Waals surface area contributed by atoms with E-state index in [4.69, 9.17) is 0 Å². The standard InChI is InChI=1S/C20H26N2O4S2/c1-14-10-16(28(2,25)26)12-20(24)22(14)17(11-15-6-4-3-5-7-15)18(23)13-19-21-8-9-27-19/h8-10,12,15,17H,3-7,11,13H2,1-2H3/t17-/m1/s1. The van der Waals surface area contributed by atoms with E-state index in [1.807, 2.05) is 5.38 Å². The molecule has 1 atom stereocenters. The van der Waals surface area contributed by atoms with Gasteiger partial charge in [0.05, 0.1) is 22.4 Å². The Morgan fingerprint density at radius 1 is 1.29 bits per heavy atom. The summed E-state index contributed by atoms with van der Waals surface area (Å²) < 4.78 is 25.2. The number of sulfone groups is 1. The van der Waals surface area contributed by atoms with E-state index in [1.165, 1.54) is 28.4 Å². The molecule has 0 bridgehead atoms. The fourth-order valence-electron chi connectivity index (χ4n) is 4.02. The average molecular weight is 423 g/mol. The number of thiazole rings is 1. The lowest BCUT2D eigenvalue weighted by Crippen LogP contribution is -2.34. The predicted octanol–water partition coefficient (Wildman–Crippen LogP) is 3.34. The van der Waals surface area contributed by atoms with E-state index in [0.29, 0.717) is 18.0 Å². The summed E-state index contributed by atoms with van der Waals surface area (Å²) in [4.78, 5) is 30.2. The summed E-state index contributed by atoms with van der Waals surface area (Å²) in [7, 11) is -3.49. The maximum atomic E-state index is 13.2. The summed E-state index contributed by atoms with van der Waals surface area (Å²) >= 11 is 1.43. The van der Waals surface area contributed by atoms with Gasteiger partial charge in [-0.2, -0.15) is 0 Å². The van der Waals surface area contributed by atoms with Crippen molar-refractivity contribution < 1.29 is 13.2 Å². The molecule has 0 amide bonds. The summed E-state index contributed by atoms with van der Waals surface area (Å²) in [5, 5.41) is 2.56. The first kappa shape index (κ1) is 20.9. The number of hydrogen-bond donors (Lipinski definition) is 0. The second-order valence-corrected chi connectivity index (χ2v) is 10.6. The smallest absolute Gasteiger partial charge is 0.252 e. The number of carbonyl (C=O) groups is 1. The molecule has 0 radical (unpaired) electrons. The SMILES string of the molecule is Cc1cc(S(C)(=O)=O)cc(=O)n1[C@H](CC1CCCCC1)C(=O)Cc1nccs1. The molecule has 152 valence electrons. The molecule has 0 aliphatic heterocycles. The van der Waals surface area contributed by atoms with E-state index in [9.17, 15) is 18.0 Å². The molecule has 0 unspecified atom stereocenters. The molecule has 2 aromatic rings. The Morgan fingerprint density at radius 2 is 2.00 bits per heavy atom. The lowest BCUT2D eigenvalue weighted by atomic mass is 9.83. The second kappa shape index (κ2) is 8.69.